The first-order valence-electron chi connectivity index (χ1n) is 10.7. The predicted molar refractivity (Wildman–Crippen MR) is 114 cm³/mol. The summed E-state index contributed by atoms with van der Waals surface area (Å²) in [5.74, 6) is 1.85. The number of nitrogens with zero attached hydrogens (tertiary/aromatic N) is 1. The van der Waals surface area contributed by atoms with Gasteiger partial charge < -0.3 is 5.11 Å². The maximum atomic E-state index is 13.4. The van der Waals surface area contributed by atoms with Gasteiger partial charge in [0, 0.05) is 17.5 Å². The van der Waals surface area contributed by atoms with Crippen molar-refractivity contribution in [3.05, 3.63) is 74.8 Å². The largest absolute Gasteiger partial charge is 0.508 e. The van der Waals surface area contributed by atoms with E-state index in [-0.39, 0.29) is 16.9 Å². The molecule has 0 heterocycles. The fraction of sp³-hybridized carbons (Fsp3) is 0.400. The van der Waals surface area contributed by atoms with E-state index < -0.39 is 4.92 Å². The number of carbonyl (C=O) groups excluding carboxylic acids is 1. The average Bonchev–Trinajstić information content (AvgIpc) is 2.98. The number of nitro benzene ring substituents is 1. The molecule has 5 nitrogen and oxygen atoms in total. The highest BCUT2D eigenvalue weighted by molar-refractivity contribution is 6.06. The Morgan fingerprint density at radius 1 is 1.17 bits per heavy atom. The second-order valence-corrected chi connectivity index (χ2v) is 9.31. The summed E-state index contributed by atoms with van der Waals surface area (Å²) in [4.78, 5) is 23.9. The van der Waals surface area contributed by atoms with E-state index in [1.807, 2.05) is 12.1 Å². The Morgan fingerprint density at radius 2 is 1.93 bits per heavy atom. The van der Waals surface area contributed by atoms with E-state index in [1.165, 1.54) is 23.3 Å². The topological polar surface area (TPSA) is 80.4 Å². The fourth-order valence-corrected chi connectivity index (χ4v) is 6.26. The number of ketones is 1. The van der Waals surface area contributed by atoms with E-state index in [1.54, 1.807) is 18.2 Å². The van der Waals surface area contributed by atoms with Gasteiger partial charge in [0.1, 0.15) is 5.75 Å². The summed E-state index contributed by atoms with van der Waals surface area (Å²) in [5, 5.41) is 20.7. The summed E-state index contributed by atoms with van der Waals surface area (Å²) in [6.45, 7) is 2.14. The minimum atomic E-state index is -0.409. The lowest BCUT2D eigenvalue weighted by Crippen LogP contribution is -2.42. The highest BCUT2D eigenvalue weighted by atomic mass is 16.6. The van der Waals surface area contributed by atoms with Crippen molar-refractivity contribution in [3.8, 4) is 5.75 Å². The Labute approximate surface area is 175 Å². The number of aromatic hydroxyl groups is 1. The smallest absolute Gasteiger partial charge is 0.269 e. The van der Waals surface area contributed by atoms with Crippen LogP contribution in [0.4, 0.5) is 5.69 Å². The standard InChI is InChI=1S/C25H25NO4/c1-25-11-10-21-20-9-7-19(27)13-16(20)4-8-22(21)23(25)14-17(24(25)28)12-15-2-5-18(6-3-15)26(29)30/h2-3,5-7,9,12-13,21-23,27H,4,8,10-11,14H2,1H3/t21?,22?,23?,25-/m0/s1. The first-order valence-corrected chi connectivity index (χ1v) is 10.7. The number of rotatable bonds is 2. The Bertz CT molecular complexity index is 1070. The number of aryl methyl sites for hydroxylation is 1. The summed E-state index contributed by atoms with van der Waals surface area (Å²) >= 11 is 0. The molecule has 0 amide bonds. The predicted octanol–water partition coefficient (Wildman–Crippen LogP) is 5.42. The van der Waals surface area contributed by atoms with Gasteiger partial charge in [0.2, 0.25) is 0 Å². The molecule has 0 bridgehead atoms. The molecule has 4 atom stereocenters. The van der Waals surface area contributed by atoms with Crippen LogP contribution in [-0.2, 0) is 11.2 Å². The third kappa shape index (κ3) is 2.87. The number of Topliss-reactive ketones (excluding diaryl/α,β-unsaturated/α-hetero) is 1. The van der Waals surface area contributed by atoms with Crippen LogP contribution in [0.1, 0.15) is 55.2 Å². The van der Waals surface area contributed by atoms with Crippen molar-refractivity contribution in [2.75, 3.05) is 0 Å². The van der Waals surface area contributed by atoms with Crippen LogP contribution in [0.15, 0.2) is 48.0 Å². The van der Waals surface area contributed by atoms with Gasteiger partial charge in [-0.05, 0) is 102 Å². The number of fused-ring (bicyclic) bond motifs is 5. The SMILES string of the molecule is C[C@]12CCC3c4ccc(O)cc4CCC3C1CC(=Cc1ccc([N+](=O)[O-])cc1)C2=O. The van der Waals surface area contributed by atoms with Crippen LogP contribution in [0.3, 0.4) is 0 Å². The van der Waals surface area contributed by atoms with Crippen LogP contribution < -0.4 is 0 Å². The summed E-state index contributed by atoms with van der Waals surface area (Å²) in [6, 6.07) is 12.2. The highest BCUT2D eigenvalue weighted by Gasteiger charge is 2.56. The van der Waals surface area contributed by atoms with Crippen LogP contribution >= 0.6 is 0 Å². The normalized spacial score (nSPS) is 31.2. The molecule has 2 aromatic carbocycles. The van der Waals surface area contributed by atoms with Gasteiger partial charge in [-0.15, -0.1) is 0 Å². The van der Waals surface area contributed by atoms with E-state index in [0.717, 1.165) is 43.2 Å². The molecule has 2 fully saturated rings. The van der Waals surface area contributed by atoms with Crippen LogP contribution in [-0.4, -0.2) is 15.8 Å². The molecule has 3 aliphatic rings. The van der Waals surface area contributed by atoms with E-state index >= 15 is 0 Å². The van der Waals surface area contributed by atoms with E-state index in [9.17, 15) is 20.0 Å². The number of carbonyl (C=O) groups is 1. The van der Waals surface area contributed by atoms with E-state index in [2.05, 4.69) is 13.0 Å². The van der Waals surface area contributed by atoms with E-state index in [4.69, 9.17) is 0 Å². The van der Waals surface area contributed by atoms with Crippen molar-refractivity contribution in [3.63, 3.8) is 0 Å². The number of hydrogen-bond donors (Lipinski definition) is 1. The summed E-state index contributed by atoms with van der Waals surface area (Å²) in [6.07, 6.45) is 6.61. The minimum absolute atomic E-state index is 0.0604. The number of non-ortho nitro benzene ring substituents is 1. The molecule has 30 heavy (non-hydrogen) atoms. The zero-order chi connectivity index (χ0) is 21.0. The van der Waals surface area contributed by atoms with Crippen LogP contribution in [0.2, 0.25) is 0 Å². The molecule has 3 aliphatic carbocycles. The third-order valence-electron chi connectivity index (χ3n) is 7.79. The van der Waals surface area contributed by atoms with E-state index in [0.29, 0.717) is 23.5 Å². The zero-order valence-corrected chi connectivity index (χ0v) is 17.0. The molecule has 2 saturated carbocycles. The lowest BCUT2D eigenvalue weighted by Gasteiger charge is -2.48. The number of nitro groups is 1. The van der Waals surface area contributed by atoms with Gasteiger partial charge in [0.15, 0.2) is 5.78 Å². The number of benzene rings is 2. The van der Waals surface area contributed by atoms with Crippen molar-refractivity contribution in [2.45, 2.75) is 44.9 Å². The van der Waals surface area contributed by atoms with Crippen molar-refractivity contribution >= 4 is 17.5 Å². The van der Waals surface area contributed by atoms with Gasteiger partial charge in [0.05, 0.1) is 4.92 Å². The number of hydrogen-bond acceptors (Lipinski definition) is 4. The maximum absolute atomic E-state index is 13.4. The minimum Gasteiger partial charge on any atom is -0.508 e. The lowest BCUT2D eigenvalue weighted by molar-refractivity contribution is -0.384. The molecule has 0 radical (unpaired) electrons. The second-order valence-electron chi connectivity index (χ2n) is 9.31. The van der Waals surface area contributed by atoms with Crippen molar-refractivity contribution in [1.82, 2.24) is 0 Å². The molecule has 1 N–H and O–H groups in total. The number of allylic oxidation sites excluding steroid dienone is 1. The van der Waals surface area contributed by atoms with Gasteiger partial charge in [-0.3, -0.25) is 14.9 Å². The van der Waals surface area contributed by atoms with Gasteiger partial charge >= 0.3 is 0 Å². The molecule has 0 aliphatic heterocycles. The molecule has 0 spiro atoms. The van der Waals surface area contributed by atoms with Crippen LogP contribution in [0.5, 0.6) is 5.75 Å². The van der Waals surface area contributed by atoms with Gasteiger partial charge in [-0.2, -0.15) is 0 Å². The molecule has 2 aromatic rings. The fourth-order valence-electron chi connectivity index (χ4n) is 6.26. The number of phenolic OH excluding ortho intramolecular Hbond substituents is 1. The molecular formula is C25H25NO4. The quantitative estimate of drug-likeness (QED) is 0.412. The average molecular weight is 403 g/mol. The van der Waals surface area contributed by atoms with Gasteiger partial charge in [-0.25, -0.2) is 0 Å². The second kappa shape index (κ2) is 6.79. The third-order valence-corrected chi connectivity index (χ3v) is 7.79. The van der Waals surface area contributed by atoms with Crippen LogP contribution in [0.25, 0.3) is 6.08 Å². The maximum Gasteiger partial charge on any atom is 0.269 e. The lowest BCUT2D eigenvalue weighted by atomic mass is 9.55. The Hall–Kier alpha value is -2.95. The van der Waals surface area contributed by atoms with Crippen LogP contribution in [0, 0.1) is 27.4 Å². The molecule has 3 unspecified atom stereocenters. The molecule has 5 heteroatoms. The molecule has 0 aromatic heterocycles. The Balaban J connectivity index is 1.45. The Kier molecular flexibility index (Phi) is 4.31. The zero-order valence-electron chi connectivity index (χ0n) is 17.0. The van der Waals surface area contributed by atoms with Crippen molar-refractivity contribution < 1.29 is 14.8 Å². The van der Waals surface area contributed by atoms with Gasteiger partial charge in [-0.1, -0.05) is 13.0 Å². The summed E-state index contributed by atoms with van der Waals surface area (Å²) < 4.78 is 0. The van der Waals surface area contributed by atoms with Crippen molar-refractivity contribution in [1.29, 1.82) is 0 Å². The molecular weight excluding hydrogens is 378 g/mol. The molecule has 0 saturated heterocycles. The first kappa shape index (κ1) is 19.0. The monoisotopic (exact) mass is 403 g/mol. The van der Waals surface area contributed by atoms with Crippen molar-refractivity contribution in [2.24, 2.45) is 17.3 Å². The molecule has 154 valence electrons. The van der Waals surface area contributed by atoms with Gasteiger partial charge in [0.25, 0.3) is 5.69 Å². The highest BCUT2D eigenvalue weighted by Crippen LogP contribution is 2.60. The summed E-state index contributed by atoms with van der Waals surface area (Å²) in [5.41, 5.74) is 4.05. The summed E-state index contributed by atoms with van der Waals surface area (Å²) in [7, 11) is 0. The Morgan fingerprint density at radius 3 is 2.67 bits per heavy atom. The molecule has 5 rings (SSSR count). The number of phenols is 1. The first-order chi connectivity index (χ1) is 14.4.